The van der Waals surface area contributed by atoms with E-state index in [0.29, 0.717) is 18.3 Å². The van der Waals surface area contributed by atoms with Crippen LogP contribution < -0.4 is 0 Å². The highest BCUT2D eigenvalue weighted by atomic mass is 16.5. The van der Waals surface area contributed by atoms with Crippen LogP contribution in [0.25, 0.3) is 0 Å². The predicted molar refractivity (Wildman–Crippen MR) is 57.2 cm³/mol. The van der Waals surface area contributed by atoms with E-state index in [-0.39, 0.29) is 11.9 Å². The fraction of sp³-hybridized carbons (Fsp3) is 0.917. The number of rotatable bonds is 4. The largest absolute Gasteiger partial charge is 0.373 e. The van der Waals surface area contributed by atoms with E-state index in [0.717, 1.165) is 6.42 Å². The number of methoxy groups -OCH3 is 1. The van der Waals surface area contributed by atoms with Crippen LogP contribution >= 0.6 is 0 Å². The van der Waals surface area contributed by atoms with Crippen molar-refractivity contribution in [3.05, 3.63) is 0 Å². The molecule has 0 radical (unpaired) electrons. The van der Waals surface area contributed by atoms with Gasteiger partial charge in [0.2, 0.25) is 0 Å². The van der Waals surface area contributed by atoms with E-state index in [9.17, 15) is 4.79 Å². The van der Waals surface area contributed by atoms with Crippen molar-refractivity contribution in [2.45, 2.75) is 52.1 Å². The molecule has 3 atom stereocenters. The molecule has 0 aromatic carbocycles. The van der Waals surface area contributed by atoms with Crippen molar-refractivity contribution in [3.63, 3.8) is 0 Å². The molecule has 0 aromatic rings. The molecule has 0 N–H and O–H groups in total. The van der Waals surface area contributed by atoms with Gasteiger partial charge in [0.05, 0.1) is 0 Å². The van der Waals surface area contributed by atoms with Crippen LogP contribution in [0.2, 0.25) is 0 Å². The molecule has 14 heavy (non-hydrogen) atoms. The van der Waals surface area contributed by atoms with Crippen molar-refractivity contribution in [1.29, 1.82) is 0 Å². The van der Waals surface area contributed by atoms with E-state index in [2.05, 4.69) is 6.92 Å². The Morgan fingerprint density at radius 1 is 1.43 bits per heavy atom. The molecule has 0 bridgehead atoms. The lowest BCUT2D eigenvalue weighted by Crippen LogP contribution is -2.36. The maximum atomic E-state index is 11.7. The minimum absolute atomic E-state index is 0.143. The van der Waals surface area contributed by atoms with Crippen LogP contribution in [0.3, 0.4) is 0 Å². The number of carbonyl (C=O) groups excluding carboxylic acids is 1. The fourth-order valence-electron chi connectivity index (χ4n) is 2.54. The predicted octanol–water partition coefficient (Wildman–Crippen LogP) is 2.81. The van der Waals surface area contributed by atoms with E-state index in [4.69, 9.17) is 4.74 Å². The van der Waals surface area contributed by atoms with Gasteiger partial charge in [-0.15, -0.1) is 0 Å². The van der Waals surface area contributed by atoms with Crippen molar-refractivity contribution < 1.29 is 9.53 Å². The summed E-state index contributed by atoms with van der Waals surface area (Å²) in [5, 5.41) is 0. The van der Waals surface area contributed by atoms with Crippen molar-refractivity contribution in [2.24, 2.45) is 11.8 Å². The SMILES string of the molecule is CCC(=O)C(OC)C1CCCCC1C. The van der Waals surface area contributed by atoms with Crippen LogP contribution in [0.5, 0.6) is 0 Å². The molecule has 0 aromatic heterocycles. The van der Waals surface area contributed by atoms with Gasteiger partial charge >= 0.3 is 0 Å². The summed E-state index contributed by atoms with van der Waals surface area (Å²) in [6.45, 7) is 4.17. The van der Waals surface area contributed by atoms with Gasteiger partial charge in [0.1, 0.15) is 6.10 Å². The van der Waals surface area contributed by atoms with Crippen LogP contribution in [0, 0.1) is 11.8 Å². The van der Waals surface area contributed by atoms with Gasteiger partial charge in [0.15, 0.2) is 5.78 Å². The molecule has 2 heteroatoms. The van der Waals surface area contributed by atoms with Crippen LogP contribution in [0.1, 0.15) is 46.0 Å². The Labute approximate surface area is 87.0 Å². The number of ether oxygens (including phenoxy) is 1. The standard InChI is InChI=1S/C12H22O2/c1-4-11(13)12(14-3)10-8-6-5-7-9(10)2/h9-10,12H,4-8H2,1-3H3. The Morgan fingerprint density at radius 2 is 2.07 bits per heavy atom. The number of carbonyl (C=O) groups is 1. The summed E-state index contributed by atoms with van der Waals surface area (Å²) in [7, 11) is 1.67. The first-order chi connectivity index (χ1) is 6.70. The van der Waals surface area contributed by atoms with Gasteiger partial charge in [0.25, 0.3) is 0 Å². The normalized spacial score (nSPS) is 29.9. The smallest absolute Gasteiger partial charge is 0.161 e. The Bertz CT molecular complexity index is 189. The lowest BCUT2D eigenvalue weighted by molar-refractivity contribution is -0.133. The maximum Gasteiger partial charge on any atom is 0.161 e. The van der Waals surface area contributed by atoms with Crippen LogP contribution in [-0.2, 0) is 9.53 Å². The van der Waals surface area contributed by atoms with E-state index in [1.54, 1.807) is 7.11 Å². The molecule has 0 heterocycles. The minimum Gasteiger partial charge on any atom is -0.373 e. The van der Waals surface area contributed by atoms with Gasteiger partial charge in [0, 0.05) is 13.5 Å². The van der Waals surface area contributed by atoms with E-state index < -0.39 is 0 Å². The molecule has 0 spiro atoms. The Morgan fingerprint density at radius 3 is 2.57 bits per heavy atom. The Kier molecular flexibility index (Phi) is 4.59. The zero-order valence-electron chi connectivity index (χ0n) is 9.58. The van der Waals surface area contributed by atoms with Crippen LogP contribution in [0.4, 0.5) is 0 Å². The second-order valence-corrected chi connectivity index (χ2v) is 4.40. The third kappa shape index (κ3) is 2.57. The Hall–Kier alpha value is -0.370. The molecular weight excluding hydrogens is 176 g/mol. The first-order valence-corrected chi connectivity index (χ1v) is 5.76. The highest BCUT2D eigenvalue weighted by molar-refractivity contribution is 5.83. The quantitative estimate of drug-likeness (QED) is 0.694. The van der Waals surface area contributed by atoms with Gasteiger partial charge in [-0.05, 0) is 18.3 Å². The zero-order valence-corrected chi connectivity index (χ0v) is 9.58. The summed E-state index contributed by atoms with van der Waals surface area (Å²) in [6, 6.07) is 0. The number of hydrogen-bond donors (Lipinski definition) is 0. The van der Waals surface area contributed by atoms with Crippen LogP contribution in [-0.4, -0.2) is 19.0 Å². The highest BCUT2D eigenvalue weighted by Gasteiger charge is 2.32. The molecule has 1 saturated carbocycles. The molecule has 1 aliphatic rings. The highest BCUT2D eigenvalue weighted by Crippen LogP contribution is 2.33. The molecule has 2 nitrogen and oxygen atoms in total. The van der Waals surface area contributed by atoms with Crippen molar-refractivity contribution in [3.8, 4) is 0 Å². The van der Waals surface area contributed by atoms with Gasteiger partial charge in [-0.1, -0.05) is 33.1 Å². The summed E-state index contributed by atoms with van der Waals surface area (Å²) in [5.41, 5.74) is 0. The molecule has 1 fully saturated rings. The minimum atomic E-state index is -0.143. The topological polar surface area (TPSA) is 26.3 Å². The molecule has 0 amide bonds. The van der Waals surface area contributed by atoms with Gasteiger partial charge in [-0.25, -0.2) is 0 Å². The lowest BCUT2D eigenvalue weighted by Gasteiger charge is -2.33. The monoisotopic (exact) mass is 198 g/mol. The maximum absolute atomic E-state index is 11.7. The number of ketones is 1. The third-order valence-corrected chi connectivity index (χ3v) is 3.49. The molecule has 1 rings (SSSR count). The van der Waals surface area contributed by atoms with Crippen molar-refractivity contribution in [2.75, 3.05) is 7.11 Å². The van der Waals surface area contributed by atoms with E-state index in [1.165, 1.54) is 19.3 Å². The molecule has 0 aliphatic heterocycles. The Balaban J connectivity index is 2.61. The molecule has 3 unspecified atom stereocenters. The fourth-order valence-corrected chi connectivity index (χ4v) is 2.54. The lowest BCUT2D eigenvalue weighted by atomic mass is 9.76. The molecule has 0 saturated heterocycles. The molecule has 82 valence electrons. The van der Waals surface area contributed by atoms with Gasteiger partial charge in [-0.2, -0.15) is 0 Å². The number of Topliss-reactive ketones (excluding diaryl/α,β-unsaturated/α-hetero) is 1. The average Bonchev–Trinajstić information content (AvgIpc) is 2.21. The van der Waals surface area contributed by atoms with E-state index in [1.807, 2.05) is 6.92 Å². The summed E-state index contributed by atoms with van der Waals surface area (Å²) >= 11 is 0. The van der Waals surface area contributed by atoms with Crippen molar-refractivity contribution >= 4 is 5.78 Å². The summed E-state index contributed by atoms with van der Waals surface area (Å²) in [4.78, 5) is 11.7. The summed E-state index contributed by atoms with van der Waals surface area (Å²) in [6.07, 6.45) is 5.44. The zero-order chi connectivity index (χ0) is 10.6. The van der Waals surface area contributed by atoms with Crippen LogP contribution in [0.15, 0.2) is 0 Å². The first-order valence-electron chi connectivity index (χ1n) is 5.76. The second kappa shape index (κ2) is 5.50. The second-order valence-electron chi connectivity index (χ2n) is 4.40. The number of hydrogen-bond acceptors (Lipinski definition) is 2. The summed E-state index contributed by atoms with van der Waals surface area (Å²) < 4.78 is 5.36. The van der Waals surface area contributed by atoms with Gasteiger partial charge < -0.3 is 4.74 Å². The third-order valence-electron chi connectivity index (χ3n) is 3.49. The molecule has 1 aliphatic carbocycles. The summed E-state index contributed by atoms with van der Waals surface area (Å²) in [5.74, 6) is 1.37. The van der Waals surface area contributed by atoms with Gasteiger partial charge in [-0.3, -0.25) is 4.79 Å². The van der Waals surface area contributed by atoms with E-state index >= 15 is 0 Å². The first kappa shape index (κ1) is 11.7. The van der Waals surface area contributed by atoms with Crippen molar-refractivity contribution in [1.82, 2.24) is 0 Å². The molecular formula is C12H22O2. The average molecular weight is 198 g/mol.